The molecular formula is C7H6BrN5O2. The molecule has 2 aromatic rings. The van der Waals surface area contributed by atoms with E-state index in [2.05, 4.69) is 31.0 Å². The molecule has 15 heavy (non-hydrogen) atoms. The molecule has 0 aliphatic heterocycles. The fourth-order valence-electron chi connectivity index (χ4n) is 1.13. The van der Waals surface area contributed by atoms with E-state index in [0.29, 0.717) is 16.8 Å². The molecule has 0 aliphatic carbocycles. The van der Waals surface area contributed by atoms with Crippen LogP contribution in [0.3, 0.4) is 0 Å². The van der Waals surface area contributed by atoms with Crippen LogP contribution in [0.5, 0.6) is 0 Å². The lowest BCUT2D eigenvalue weighted by Crippen LogP contribution is -2.02. The number of nitrogens with zero attached hydrogens (tertiary/aromatic N) is 4. The number of H-pyrrole nitrogens is 1. The molecule has 1 N–H and O–H groups in total. The van der Waals surface area contributed by atoms with Gasteiger partial charge in [-0.25, -0.2) is 4.98 Å². The van der Waals surface area contributed by atoms with Crippen molar-refractivity contribution in [3.63, 3.8) is 0 Å². The molecule has 0 aliphatic rings. The van der Waals surface area contributed by atoms with E-state index in [1.165, 1.54) is 4.68 Å². The summed E-state index contributed by atoms with van der Waals surface area (Å²) in [6.45, 7) is 0.374. The van der Waals surface area contributed by atoms with Crippen LogP contribution >= 0.6 is 15.9 Å². The number of imidazole rings is 1. The molecule has 0 aromatic carbocycles. The second kappa shape index (κ2) is 3.81. The molecule has 2 rings (SSSR count). The van der Waals surface area contributed by atoms with Crippen LogP contribution in [0.15, 0.2) is 23.1 Å². The zero-order valence-electron chi connectivity index (χ0n) is 7.42. The standard InChI is InChI=1S/C7H6BrN5O2/c8-5-3-12(11-7(5)13(14)15)4-6-9-1-2-10-6/h1-3H,4H2,(H,9,10). The predicted molar refractivity (Wildman–Crippen MR) is 54.3 cm³/mol. The lowest BCUT2D eigenvalue weighted by atomic mass is 10.6. The van der Waals surface area contributed by atoms with Crippen LogP contribution in [-0.4, -0.2) is 24.7 Å². The number of halogens is 1. The molecule has 0 unspecified atom stereocenters. The predicted octanol–water partition coefficient (Wildman–Crippen LogP) is 1.33. The smallest absolute Gasteiger partial charge is 0.358 e. The summed E-state index contributed by atoms with van der Waals surface area (Å²) in [5.41, 5.74) is 0. The van der Waals surface area contributed by atoms with Crippen molar-refractivity contribution >= 4 is 21.7 Å². The third-order valence-corrected chi connectivity index (χ3v) is 2.30. The van der Waals surface area contributed by atoms with Crippen molar-refractivity contribution in [1.29, 1.82) is 0 Å². The summed E-state index contributed by atoms with van der Waals surface area (Å²) in [6.07, 6.45) is 4.84. The molecule has 8 heteroatoms. The molecule has 78 valence electrons. The van der Waals surface area contributed by atoms with Crippen LogP contribution < -0.4 is 0 Å². The van der Waals surface area contributed by atoms with Gasteiger partial charge in [0.2, 0.25) is 0 Å². The fraction of sp³-hybridized carbons (Fsp3) is 0.143. The average Bonchev–Trinajstić information content (AvgIpc) is 2.75. The Balaban J connectivity index is 2.23. The highest BCUT2D eigenvalue weighted by Crippen LogP contribution is 2.22. The highest BCUT2D eigenvalue weighted by atomic mass is 79.9. The van der Waals surface area contributed by atoms with Gasteiger partial charge in [0.15, 0.2) is 0 Å². The van der Waals surface area contributed by atoms with Crippen LogP contribution in [-0.2, 0) is 6.54 Å². The molecule has 0 atom stereocenters. The first-order valence-corrected chi connectivity index (χ1v) is 4.81. The van der Waals surface area contributed by atoms with Gasteiger partial charge in [0, 0.05) is 12.4 Å². The van der Waals surface area contributed by atoms with E-state index in [1.807, 2.05) is 0 Å². The van der Waals surface area contributed by atoms with Crippen molar-refractivity contribution < 1.29 is 4.92 Å². The second-order valence-corrected chi connectivity index (χ2v) is 3.65. The Morgan fingerprint density at radius 1 is 1.67 bits per heavy atom. The largest absolute Gasteiger partial charge is 0.404 e. The first-order valence-electron chi connectivity index (χ1n) is 4.02. The lowest BCUT2D eigenvalue weighted by molar-refractivity contribution is -0.390. The SMILES string of the molecule is O=[N+]([O-])c1nn(Cc2ncc[nH]2)cc1Br. The zero-order valence-corrected chi connectivity index (χ0v) is 9.01. The topological polar surface area (TPSA) is 89.6 Å². The van der Waals surface area contributed by atoms with Gasteiger partial charge in [0.1, 0.15) is 16.8 Å². The van der Waals surface area contributed by atoms with E-state index >= 15 is 0 Å². The summed E-state index contributed by atoms with van der Waals surface area (Å²) < 4.78 is 1.81. The third kappa shape index (κ3) is 2.04. The van der Waals surface area contributed by atoms with Crippen molar-refractivity contribution in [1.82, 2.24) is 19.7 Å². The van der Waals surface area contributed by atoms with Gasteiger partial charge in [-0.15, -0.1) is 0 Å². The lowest BCUT2D eigenvalue weighted by Gasteiger charge is -1.90. The van der Waals surface area contributed by atoms with Crippen LogP contribution in [0.1, 0.15) is 5.82 Å². The molecule has 0 radical (unpaired) electrons. The van der Waals surface area contributed by atoms with E-state index in [4.69, 9.17) is 0 Å². The maximum atomic E-state index is 10.5. The molecule has 7 nitrogen and oxygen atoms in total. The summed E-state index contributed by atoms with van der Waals surface area (Å²) in [5, 5.41) is 14.3. The van der Waals surface area contributed by atoms with Gasteiger partial charge >= 0.3 is 5.82 Å². The first kappa shape index (κ1) is 9.84. The Kier molecular flexibility index (Phi) is 2.50. The first-order chi connectivity index (χ1) is 7.16. The van der Waals surface area contributed by atoms with E-state index in [9.17, 15) is 10.1 Å². The third-order valence-electron chi connectivity index (χ3n) is 1.74. The Hall–Kier alpha value is -1.70. The summed E-state index contributed by atoms with van der Waals surface area (Å²) >= 11 is 3.07. The molecule has 0 saturated heterocycles. The van der Waals surface area contributed by atoms with Crippen molar-refractivity contribution in [2.75, 3.05) is 0 Å². The van der Waals surface area contributed by atoms with E-state index in [1.54, 1.807) is 18.6 Å². The van der Waals surface area contributed by atoms with Crippen LogP contribution in [0.4, 0.5) is 5.82 Å². The molecular weight excluding hydrogens is 266 g/mol. The molecule has 2 heterocycles. The molecule has 0 saturated carbocycles. The molecule has 0 fully saturated rings. The highest BCUT2D eigenvalue weighted by Gasteiger charge is 2.18. The Morgan fingerprint density at radius 2 is 2.47 bits per heavy atom. The van der Waals surface area contributed by atoms with Gasteiger partial charge < -0.3 is 15.1 Å². The summed E-state index contributed by atoms with van der Waals surface area (Å²) in [6, 6.07) is 0. The number of hydrogen-bond acceptors (Lipinski definition) is 4. The van der Waals surface area contributed by atoms with Gasteiger partial charge in [-0.3, -0.25) is 0 Å². The Morgan fingerprint density at radius 3 is 3.00 bits per heavy atom. The van der Waals surface area contributed by atoms with Gasteiger partial charge in [-0.05, 0) is 20.9 Å². The summed E-state index contributed by atoms with van der Waals surface area (Å²) in [4.78, 5) is 16.9. The zero-order chi connectivity index (χ0) is 10.8. The average molecular weight is 272 g/mol. The number of hydrogen-bond donors (Lipinski definition) is 1. The maximum absolute atomic E-state index is 10.5. The second-order valence-electron chi connectivity index (χ2n) is 2.79. The summed E-state index contributed by atoms with van der Waals surface area (Å²) in [5.74, 6) is 0.501. The minimum absolute atomic E-state index is 0.193. The minimum atomic E-state index is -0.539. The molecule has 0 spiro atoms. The van der Waals surface area contributed by atoms with Crippen molar-refractivity contribution in [2.45, 2.75) is 6.54 Å². The van der Waals surface area contributed by atoms with Crippen molar-refractivity contribution in [3.8, 4) is 0 Å². The van der Waals surface area contributed by atoms with E-state index < -0.39 is 4.92 Å². The van der Waals surface area contributed by atoms with E-state index in [-0.39, 0.29) is 5.82 Å². The molecule has 0 bridgehead atoms. The number of aromatic amines is 1. The monoisotopic (exact) mass is 271 g/mol. The van der Waals surface area contributed by atoms with Crippen LogP contribution in [0, 0.1) is 10.1 Å². The van der Waals surface area contributed by atoms with Crippen molar-refractivity contribution in [3.05, 3.63) is 39.0 Å². The van der Waals surface area contributed by atoms with Gasteiger partial charge in [-0.2, -0.15) is 4.68 Å². The Labute approximate surface area is 92.4 Å². The summed E-state index contributed by atoms with van der Waals surface area (Å²) in [7, 11) is 0. The van der Waals surface area contributed by atoms with Crippen LogP contribution in [0.25, 0.3) is 0 Å². The number of rotatable bonds is 3. The van der Waals surface area contributed by atoms with Gasteiger partial charge in [0.05, 0.1) is 11.3 Å². The normalized spacial score (nSPS) is 10.5. The van der Waals surface area contributed by atoms with Crippen molar-refractivity contribution in [2.24, 2.45) is 0 Å². The number of nitro groups is 1. The van der Waals surface area contributed by atoms with E-state index in [0.717, 1.165) is 0 Å². The van der Waals surface area contributed by atoms with Gasteiger partial charge in [-0.1, -0.05) is 0 Å². The van der Waals surface area contributed by atoms with Gasteiger partial charge in [0.25, 0.3) is 0 Å². The molecule has 2 aromatic heterocycles. The molecule has 0 amide bonds. The number of aromatic nitrogens is 4. The minimum Gasteiger partial charge on any atom is -0.358 e. The van der Waals surface area contributed by atoms with Crippen LogP contribution in [0.2, 0.25) is 0 Å². The quantitative estimate of drug-likeness (QED) is 0.674. The number of nitrogens with one attached hydrogen (secondary N) is 1. The Bertz CT molecular complexity index is 478. The maximum Gasteiger partial charge on any atom is 0.404 e. The highest BCUT2D eigenvalue weighted by molar-refractivity contribution is 9.10. The fourth-order valence-corrected chi connectivity index (χ4v) is 1.59.